The van der Waals surface area contributed by atoms with E-state index in [4.69, 9.17) is 5.11 Å². The van der Waals surface area contributed by atoms with Gasteiger partial charge in [-0.15, -0.1) is 0 Å². The second-order valence-corrected chi connectivity index (χ2v) is 5.41. The van der Waals surface area contributed by atoms with Gasteiger partial charge in [0, 0.05) is 19.1 Å². The Balaban J connectivity index is 2.32. The van der Waals surface area contributed by atoms with E-state index >= 15 is 0 Å². The Bertz CT molecular complexity index is 243. The van der Waals surface area contributed by atoms with Crippen LogP contribution < -0.4 is 5.32 Å². The first-order valence-corrected chi connectivity index (χ1v) is 6.07. The number of nitrogens with one attached hydrogen (secondary N) is 1. The highest BCUT2D eigenvalue weighted by Crippen LogP contribution is 2.37. The molecule has 1 saturated carbocycles. The molecular formula is C12H24N2O2. The molecule has 16 heavy (non-hydrogen) atoms. The van der Waals surface area contributed by atoms with Crippen molar-refractivity contribution in [2.45, 2.75) is 39.3 Å². The summed E-state index contributed by atoms with van der Waals surface area (Å²) in [6, 6.07) is -0.256. The van der Waals surface area contributed by atoms with Gasteiger partial charge in [0.25, 0.3) is 0 Å². The average Bonchev–Trinajstić information content (AvgIpc) is 2.79. The Labute approximate surface area is 98.0 Å². The average molecular weight is 228 g/mol. The summed E-state index contributed by atoms with van der Waals surface area (Å²) in [5.74, 6) is 0.840. The molecular weight excluding hydrogens is 204 g/mol. The van der Waals surface area contributed by atoms with Gasteiger partial charge in [-0.25, -0.2) is 0 Å². The van der Waals surface area contributed by atoms with Crippen LogP contribution in [0, 0.1) is 11.8 Å². The Kier molecular flexibility index (Phi) is 4.74. The van der Waals surface area contributed by atoms with E-state index < -0.39 is 12.0 Å². The molecule has 0 heterocycles. The van der Waals surface area contributed by atoms with Crippen LogP contribution in [-0.4, -0.2) is 48.2 Å². The van der Waals surface area contributed by atoms with E-state index in [1.54, 1.807) is 0 Å². The molecule has 0 bridgehead atoms. The predicted molar refractivity (Wildman–Crippen MR) is 64.5 cm³/mol. The molecule has 0 aliphatic heterocycles. The van der Waals surface area contributed by atoms with Gasteiger partial charge in [0.2, 0.25) is 0 Å². The lowest BCUT2D eigenvalue weighted by atomic mass is 10.2. The molecule has 1 aliphatic rings. The first-order valence-electron chi connectivity index (χ1n) is 6.07. The SMILES string of the molecule is CC(C)NC(CN(C)CC1CC1C)C(=O)O. The number of carboxylic acids is 1. The Morgan fingerprint density at radius 3 is 2.50 bits per heavy atom. The maximum absolute atomic E-state index is 11.0. The van der Waals surface area contributed by atoms with Gasteiger partial charge in [-0.1, -0.05) is 20.8 Å². The summed E-state index contributed by atoms with van der Waals surface area (Å²) in [6.07, 6.45) is 1.29. The van der Waals surface area contributed by atoms with Gasteiger partial charge in [0.05, 0.1) is 0 Å². The lowest BCUT2D eigenvalue weighted by Gasteiger charge is -2.23. The van der Waals surface area contributed by atoms with Crippen molar-refractivity contribution in [2.24, 2.45) is 11.8 Å². The fraction of sp³-hybridized carbons (Fsp3) is 0.917. The minimum atomic E-state index is -0.760. The monoisotopic (exact) mass is 228 g/mol. The molecule has 1 aliphatic carbocycles. The second kappa shape index (κ2) is 5.64. The zero-order valence-electron chi connectivity index (χ0n) is 10.7. The van der Waals surface area contributed by atoms with Crippen LogP contribution in [0.15, 0.2) is 0 Å². The number of rotatable bonds is 7. The van der Waals surface area contributed by atoms with E-state index in [0.717, 1.165) is 18.4 Å². The van der Waals surface area contributed by atoms with E-state index in [-0.39, 0.29) is 6.04 Å². The highest BCUT2D eigenvalue weighted by Gasteiger charge is 2.33. The van der Waals surface area contributed by atoms with Gasteiger partial charge >= 0.3 is 5.97 Å². The summed E-state index contributed by atoms with van der Waals surface area (Å²) < 4.78 is 0. The number of aliphatic carboxylic acids is 1. The van der Waals surface area contributed by atoms with Gasteiger partial charge < -0.3 is 15.3 Å². The third-order valence-electron chi connectivity index (χ3n) is 3.15. The number of likely N-dealkylation sites (N-methyl/N-ethyl adjacent to an activating group) is 1. The third-order valence-corrected chi connectivity index (χ3v) is 3.15. The highest BCUT2D eigenvalue weighted by molar-refractivity contribution is 5.73. The standard InChI is InChI=1S/C12H24N2O2/c1-8(2)13-11(12(15)16)7-14(4)6-10-5-9(10)3/h8-11,13H,5-7H2,1-4H3,(H,15,16). The van der Waals surface area contributed by atoms with Crippen molar-refractivity contribution in [3.63, 3.8) is 0 Å². The van der Waals surface area contributed by atoms with Gasteiger partial charge in [0.1, 0.15) is 6.04 Å². The van der Waals surface area contributed by atoms with Crippen LogP contribution in [0.4, 0.5) is 0 Å². The number of carboxylic acid groups (broad SMARTS) is 1. The molecule has 4 heteroatoms. The normalized spacial score (nSPS) is 26.1. The maximum atomic E-state index is 11.0. The molecule has 0 aromatic carbocycles. The van der Waals surface area contributed by atoms with E-state index in [1.807, 2.05) is 20.9 Å². The summed E-state index contributed by atoms with van der Waals surface area (Å²) >= 11 is 0. The van der Waals surface area contributed by atoms with Crippen molar-refractivity contribution in [2.75, 3.05) is 20.1 Å². The molecule has 0 radical (unpaired) electrons. The van der Waals surface area contributed by atoms with E-state index in [1.165, 1.54) is 6.42 Å². The number of hydrogen-bond donors (Lipinski definition) is 2. The minimum Gasteiger partial charge on any atom is -0.480 e. The van der Waals surface area contributed by atoms with E-state index in [9.17, 15) is 4.79 Å². The molecule has 3 unspecified atom stereocenters. The predicted octanol–water partition coefficient (Wildman–Crippen LogP) is 1.03. The molecule has 0 aromatic heterocycles. The number of nitrogens with zero attached hydrogens (tertiary/aromatic N) is 1. The largest absolute Gasteiger partial charge is 0.480 e. The zero-order valence-corrected chi connectivity index (χ0v) is 10.7. The second-order valence-electron chi connectivity index (χ2n) is 5.41. The van der Waals surface area contributed by atoms with Crippen molar-refractivity contribution >= 4 is 5.97 Å². The van der Waals surface area contributed by atoms with Crippen LogP contribution in [0.2, 0.25) is 0 Å². The van der Waals surface area contributed by atoms with Gasteiger partial charge in [0.15, 0.2) is 0 Å². The zero-order chi connectivity index (χ0) is 12.3. The van der Waals surface area contributed by atoms with Crippen molar-refractivity contribution in [3.05, 3.63) is 0 Å². The third kappa shape index (κ3) is 4.49. The topological polar surface area (TPSA) is 52.6 Å². The minimum absolute atomic E-state index is 0.203. The Morgan fingerprint density at radius 2 is 2.12 bits per heavy atom. The molecule has 94 valence electrons. The molecule has 1 rings (SSSR count). The maximum Gasteiger partial charge on any atom is 0.322 e. The summed E-state index contributed by atoms with van der Waals surface area (Å²) in [6.45, 7) is 7.79. The van der Waals surface area contributed by atoms with Gasteiger partial charge in [-0.2, -0.15) is 0 Å². The van der Waals surface area contributed by atoms with E-state index in [2.05, 4.69) is 17.1 Å². The molecule has 2 N–H and O–H groups in total. The first-order chi connectivity index (χ1) is 7.40. The van der Waals surface area contributed by atoms with Crippen LogP contribution in [0.5, 0.6) is 0 Å². The summed E-state index contributed by atoms with van der Waals surface area (Å²) in [4.78, 5) is 13.2. The quantitative estimate of drug-likeness (QED) is 0.683. The van der Waals surface area contributed by atoms with Crippen molar-refractivity contribution in [1.29, 1.82) is 0 Å². The van der Waals surface area contributed by atoms with Crippen LogP contribution in [0.1, 0.15) is 27.2 Å². The van der Waals surface area contributed by atoms with E-state index in [0.29, 0.717) is 6.54 Å². The number of carbonyl (C=O) groups is 1. The molecule has 0 saturated heterocycles. The fourth-order valence-electron chi connectivity index (χ4n) is 2.04. The first kappa shape index (κ1) is 13.5. The highest BCUT2D eigenvalue weighted by atomic mass is 16.4. The van der Waals surface area contributed by atoms with Crippen molar-refractivity contribution in [3.8, 4) is 0 Å². The van der Waals surface area contributed by atoms with Crippen LogP contribution in [0.3, 0.4) is 0 Å². The lowest BCUT2D eigenvalue weighted by Crippen LogP contribution is -2.48. The van der Waals surface area contributed by atoms with Crippen LogP contribution in [0.25, 0.3) is 0 Å². The molecule has 4 nitrogen and oxygen atoms in total. The lowest BCUT2D eigenvalue weighted by molar-refractivity contribution is -0.140. The smallest absolute Gasteiger partial charge is 0.322 e. The molecule has 0 aromatic rings. The summed E-state index contributed by atoms with van der Waals surface area (Å²) in [7, 11) is 2.00. The molecule has 0 spiro atoms. The molecule has 1 fully saturated rings. The van der Waals surface area contributed by atoms with Crippen molar-refractivity contribution < 1.29 is 9.90 Å². The van der Waals surface area contributed by atoms with Gasteiger partial charge in [-0.05, 0) is 25.3 Å². The summed E-state index contributed by atoms with van der Waals surface area (Å²) in [5.41, 5.74) is 0. The Morgan fingerprint density at radius 1 is 1.56 bits per heavy atom. The summed E-state index contributed by atoms with van der Waals surface area (Å²) in [5, 5.41) is 12.2. The molecule has 3 atom stereocenters. The number of hydrogen-bond acceptors (Lipinski definition) is 3. The molecule has 0 amide bonds. The van der Waals surface area contributed by atoms with Crippen molar-refractivity contribution in [1.82, 2.24) is 10.2 Å². The Hall–Kier alpha value is -0.610. The van der Waals surface area contributed by atoms with Crippen LogP contribution in [-0.2, 0) is 4.79 Å². The van der Waals surface area contributed by atoms with Crippen LogP contribution >= 0.6 is 0 Å². The fourth-order valence-corrected chi connectivity index (χ4v) is 2.04. The van der Waals surface area contributed by atoms with Gasteiger partial charge in [-0.3, -0.25) is 4.79 Å².